The summed E-state index contributed by atoms with van der Waals surface area (Å²) in [4.78, 5) is 32.3. The first kappa shape index (κ1) is 27.2. The Morgan fingerprint density at radius 3 is 2.41 bits per heavy atom. The van der Waals surface area contributed by atoms with E-state index in [1.54, 1.807) is 15.9 Å². The van der Waals surface area contributed by atoms with Crippen LogP contribution in [0.15, 0.2) is 18.6 Å². The number of amides is 1. The van der Waals surface area contributed by atoms with Crippen molar-refractivity contribution in [3.8, 4) is 6.07 Å². The first-order chi connectivity index (χ1) is 18.2. The predicted octanol–water partition coefficient (Wildman–Crippen LogP) is 3.11. The number of carbonyl (C=O) groups excluding carboxylic acids is 1. The fraction of sp³-hybridized carbons (Fsp3) is 0.577. The van der Waals surface area contributed by atoms with Crippen molar-refractivity contribution in [1.29, 1.82) is 5.26 Å². The number of aromatic nitrogens is 3. The van der Waals surface area contributed by atoms with E-state index in [9.17, 15) is 27.3 Å². The molecule has 2 fully saturated rings. The van der Waals surface area contributed by atoms with Gasteiger partial charge in [-0.2, -0.15) is 5.26 Å². The third-order valence-corrected chi connectivity index (χ3v) is 10.8. The van der Waals surface area contributed by atoms with E-state index in [1.165, 1.54) is 19.3 Å². The lowest BCUT2D eigenvalue weighted by Crippen LogP contribution is -2.66. The lowest BCUT2D eigenvalue weighted by atomic mass is 9.87. The van der Waals surface area contributed by atoms with Crippen LogP contribution in [-0.2, 0) is 20.0 Å². The molecule has 5 heterocycles. The highest BCUT2D eigenvalue weighted by molar-refractivity contribution is 7.95. The van der Waals surface area contributed by atoms with Gasteiger partial charge in [-0.3, -0.25) is 4.79 Å². The third kappa shape index (κ3) is 4.11. The molecule has 1 amide bonds. The van der Waals surface area contributed by atoms with E-state index in [0.29, 0.717) is 37.7 Å². The molecule has 0 aliphatic carbocycles. The molecule has 3 aliphatic rings. The molecule has 13 heteroatoms. The summed E-state index contributed by atoms with van der Waals surface area (Å²) in [5.74, 6) is 1.18. The summed E-state index contributed by atoms with van der Waals surface area (Å²) < 4.78 is 50.7. The molecule has 5 rings (SSSR count). The Balaban J connectivity index is 1.48. The van der Waals surface area contributed by atoms with Crippen molar-refractivity contribution in [2.24, 2.45) is 0 Å². The van der Waals surface area contributed by atoms with Gasteiger partial charge in [-0.1, -0.05) is 13.8 Å². The Morgan fingerprint density at radius 1 is 1.13 bits per heavy atom. The Labute approximate surface area is 226 Å². The van der Waals surface area contributed by atoms with Crippen molar-refractivity contribution in [3.63, 3.8) is 0 Å². The van der Waals surface area contributed by atoms with Gasteiger partial charge < -0.3 is 14.7 Å². The van der Waals surface area contributed by atoms with Gasteiger partial charge in [-0.15, -0.1) is 0 Å². The number of anilines is 3. The Bertz CT molecular complexity index is 1490. The van der Waals surface area contributed by atoms with Crippen LogP contribution in [0.4, 0.5) is 26.2 Å². The number of nitrogens with zero attached hydrogens (tertiary/aromatic N) is 7. The molecule has 0 N–H and O–H groups in total. The van der Waals surface area contributed by atoms with E-state index >= 15 is 0 Å². The lowest BCUT2D eigenvalue weighted by molar-refractivity contribution is -0.137. The van der Waals surface area contributed by atoms with Gasteiger partial charge in [0.2, 0.25) is 5.91 Å². The molecule has 1 unspecified atom stereocenters. The molecule has 0 aromatic carbocycles. The zero-order chi connectivity index (χ0) is 28.5. The second-order valence-electron chi connectivity index (χ2n) is 11.5. The number of hydrogen-bond acceptors (Lipinski definition) is 9. The summed E-state index contributed by atoms with van der Waals surface area (Å²) in [5, 5.41) is 9.21. The van der Waals surface area contributed by atoms with Crippen LogP contribution in [0, 0.1) is 11.3 Å². The maximum atomic E-state index is 13.7. The fourth-order valence-corrected chi connectivity index (χ4v) is 7.37. The number of halogens is 2. The number of alkyl halides is 2. The van der Waals surface area contributed by atoms with Gasteiger partial charge in [-0.25, -0.2) is 32.2 Å². The smallest absolute Gasteiger partial charge is 0.265 e. The molecule has 0 saturated carbocycles. The van der Waals surface area contributed by atoms with Gasteiger partial charge in [0, 0.05) is 54.5 Å². The quantitative estimate of drug-likeness (QED) is 0.556. The summed E-state index contributed by atoms with van der Waals surface area (Å²) in [5.41, 5.74) is -0.194. The van der Waals surface area contributed by atoms with Crippen LogP contribution >= 0.6 is 0 Å². The average molecular weight is 560 g/mol. The molecular weight excluding hydrogens is 528 g/mol. The molecule has 2 aromatic heterocycles. The summed E-state index contributed by atoms with van der Waals surface area (Å²) in [6, 6.07) is 2.58. The van der Waals surface area contributed by atoms with Crippen molar-refractivity contribution >= 4 is 33.2 Å². The van der Waals surface area contributed by atoms with E-state index in [1.807, 2.05) is 27.7 Å². The van der Waals surface area contributed by atoms with Crippen LogP contribution in [0.1, 0.15) is 64.2 Å². The van der Waals surface area contributed by atoms with Gasteiger partial charge in [0.1, 0.15) is 34.6 Å². The Hall–Kier alpha value is -3.40. The normalized spacial score (nSPS) is 27.2. The maximum Gasteiger partial charge on any atom is 0.265 e. The molecule has 2 aromatic rings. The second-order valence-corrected chi connectivity index (χ2v) is 14.1. The second kappa shape index (κ2) is 9.08. The maximum absolute atomic E-state index is 13.7. The first-order valence-corrected chi connectivity index (χ1v) is 14.5. The van der Waals surface area contributed by atoms with Crippen molar-refractivity contribution in [2.75, 3.05) is 35.2 Å². The molecule has 10 nitrogen and oxygen atoms in total. The van der Waals surface area contributed by atoms with Crippen molar-refractivity contribution < 1.29 is 22.0 Å². The van der Waals surface area contributed by atoms with Gasteiger partial charge in [0.25, 0.3) is 6.43 Å². The van der Waals surface area contributed by atoms with E-state index < -0.39 is 26.4 Å². The SMILES string of the molecule is C[C@@H]1CN(c2ncnc3c2C(C)(C)CN3c2cc(C(F)F)c(C#N)cn2)[C@@H](C)CN1C(=O)C1(C)CCS1(=O)=O. The molecule has 3 atom stereocenters. The minimum absolute atomic E-state index is 0.0324. The van der Waals surface area contributed by atoms with Crippen LogP contribution in [0.5, 0.6) is 0 Å². The minimum Gasteiger partial charge on any atom is -0.350 e. The molecule has 0 spiro atoms. The Morgan fingerprint density at radius 2 is 1.82 bits per heavy atom. The summed E-state index contributed by atoms with van der Waals surface area (Å²) in [6.45, 7) is 10.6. The first-order valence-electron chi connectivity index (χ1n) is 12.8. The third-order valence-electron chi connectivity index (χ3n) is 8.35. The number of piperazine rings is 1. The van der Waals surface area contributed by atoms with Crippen LogP contribution in [0.25, 0.3) is 0 Å². The molecule has 3 aliphatic heterocycles. The molecular formula is C26H31F2N7O3S. The predicted molar refractivity (Wildman–Crippen MR) is 141 cm³/mol. The highest BCUT2D eigenvalue weighted by atomic mass is 32.2. The number of pyridine rings is 1. The van der Waals surface area contributed by atoms with Crippen molar-refractivity contribution in [2.45, 2.75) is 69.7 Å². The standard InChI is InChI=1S/C26H31F2N7O3S/c1-15-12-34(24(36)26(5)6-7-39(26,37)38)16(2)11-33(15)22-20-23(32-14-31-22)35(13-25(20,3)4)19-8-18(21(27)28)17(9-29)10-30-19/h8,10,14-16,21H,6-7,11-13H2,1-5H3/t15-,16+,26?/m0/s1. The van der Waals surface area contributed by atoms with E-state index in [2.05, 4.69) is 19.9 Å². The fourth-order valence-electron chi connectivity index (χ4n) is 5.84. The highest BCUT2D eigenvalue weighted by Crippen LogP contribution is 2.47. The van der Waals surface area contributed by atoms with Crippen LogP contribution < -0.4 is 9.80 Å². The van der Waals surface area contributed by atoms with Gasteiger partial charge in [0.05, 0.1) is 11.3 Å². The largest absolute Gasteiger partial charge is 0.350 e. The van der Waals surface area contributed by atoms with E-state index in [4.69, 9.17) is 0 Å². The van der Waals surface area contributed by atoms with Gasteiger partial charge in [0.15, 0.2) is 9.84 Å². The summed E-state index contributed by atoms with van der Waals surface area (Å²) in [7, 11) is -3.45. The lowest BCUT2D eigenvalue weighted by Gasteiger charge is -2.49. The molecule has 2 saturated heterocycles. The minimum atomic E-state index is -3.45. The zero-order valence-electron chi connectivity index (χ0n) is 22.5. The number of sulfone groups is 1. The monoisotopic (exact) mass is 559 g/mol. The number of hydrogen-bond donors (Lipinski definition) is 0. The zero-order valence-corrected chi connectivity index (χ0v) is 23.3. The van der Waals surface area contributed by atoms with Gasteiger partial charge >= 0.3 is 0 Å². The number of rotatable bonds is 4. The van der Waals surface area contributed by atoms with Crippen LogP contribution in [-0.4, -0.2) is 76.4 Å². The summed E-state index contributed by atoms with van der Waals surface area (Å²) >= 11 is 0. The highest BCUT2D eigenvalue weighted by Gasteiger charge is 2.57. The molecule has 39 heavy (non-hydrogen) atoms. The molecule has 208 valence electrons. The van der Waals surface area contributed by atoms with Crippen LogP contribution in [0.3, 0.4) is 0 Å². The van der Waals surface area contributed by atoms with Crippen molar-refractivity contribution in [3.05, 3.63) is 35.3 Å². The topological polar surface area (TPSA) is 123 Å². The molecule has 0 bridgehead atoms. The average Bonchev–Trinajstić information content (AvgIpc) is 3.18. The van der Waals surface area contributed by atoms with E-state index in [0.717, 1.165) is 11.8 Å². The molecule has 0 radical (unpaired) electrons. The van der Waals surface area contributed by atoms with Crippen molar-refractivity contribution in [1.82, 2.24) is 19.9 Å². The Kier molecular flexibility index (Phi) is 6.33. The van der Waals surface area contributed by atoms with E-state index in [-0.39, 0.29) is 40.7 Å². The number of carbonyl (C=O) groups is 1. The number of fused-ring (bicyclic) bond motifs is 1. The summed E-state index contributed by atoms with van der Waals surface area (Å²) in [6.07, 6.45) is 0.0929. The number of nitriles is 1. The van der Waals surface area contributed by atoms with Gasteiger partial charge in [-0.05, 0) is 33.3 Å². The van der Waals surface area contributed by atoms with Crippen LogP contribution in [0.2, 0.25) is 0 Å².